The van der Waals surface area contributed by atoms with Gasteiger partial charge < -0.3 is 14.8 Å². The lowest BCUT2D eigenvalue weighted by Crippen LogP contribution is -2.32. The summed E-state index contributed by atoms with van der Waals surface area (Å²) in [5.74, 6) is 1.22. The molecule has 1 fully saturated rings. The van der Waals surface area contributed by atoms with Crippen LogP contribution in [0.3, 0.4) is 0 Å². The molecular formula is C20H24N2O3. The molecule has 0 saturated carbocycles. The number of likely N-dealkylation sites (tertiary alicyclic amines) is 1. The molecule has 1 N–H and O–H groups in total. The van der Waals surface area contributed by atoms with Gasteiger partial charge in [0.15, 0.2) is 11.5 Å². The molecule has 5 heteroatoms. The normalized spacial score (nSPS) is 17.3. The fourth-order valence-electron chi connectivity index (χ4n) is 3.37. The molecule has 0 spiro atoms. The summed E-state index contributed by atoms with van der Waals surface area (Å²) in [5, 5.41) is 2.95. The Bertz CT molecular complexity index is 718. The predicted octanol–water partition coefficient (Wildman–Crippen LogP) is 3.48. The summed E-state index contributed by atoms with van der Waals surface area (Å²) in [4.78, 5) is 14.7. The van der Waals surface area contributed by atoms with Gasteiger partial charge in [-0.1, -0.05) is 30.3 Å². The van der Waals surface area contributed by atoms with E-state index < -0.39 is 0 Å². The molecule has 3 rings (SSSR count). The molecule has 132 valence electrons. The second-order valence-corrected chi connectivity index (χ2v) is 6.16. The van der Waals surface area contributed by atoms with Crippen molar-refractivity contribution >= 4 is 11.6 Å². The lowest BCUT2D eigenvalue weighted by molar-refractivity contribution is -0.117. The Labute approximate surface area is 148 Å². The lowest BCUT2D eigenvalue weighted by atomic mass is 10.0. The number of carbonyl (C=O) groups is 1. The van der Waals surface area contributed by atoms with Crippen LogP contribution in [0.1, 0.15) is 24.4 Å². The SMILES string of the molecule is COc1ccc(NC(=O)CN2CCCC2c2ccccc2)cc1OC. The van der Waals surface area contributed by atoms with E-state index in [1.165, 1.54) is 5.56 Å². The zero-order valence-corrected chi connectivity index (χ0v) is 14.7. The van der Waals surface area contributed by atoms with Crippen LogP contribution in [0.5, 0.6) is 11.5 Å². The molecule has 0 aromatic heterocycles. The molecular weight excluding hydrogens is 316 g/mol. The van der Waals surface area contributed by atoms with Crippen molar-refractivity contribution in [1.82, 2.24) is 4.90 Å². The van der Waals surface area contributed by atoms with Crippen molar-refractivity contribution in [2.45, 2.75) is 18.9 Å². The zero-order valence-electron chi connectivity index (χ0n) is 14.7. The van der Waals surface area contributed by atoms with Crippen LogP contribution in [-0.2, 0) is 4.79 Å². The van der Waals surface area contributed by atoms with E-state index in [2.05, 4.69) is 34.5 Å². The maximum Gasteiger partial charge on any atom is 0.238 e. The van der Waals surface area contributed by atoms with Crippen molar-refractivity contribution < 1.29 is 14.3 Å². The number of carbonyl (C=O) groups excluding carboxylic acids is 1. The fourth-order valence-corrected chi connectivity index (χ4v) is 3.37. The minimum atomic E-state index is -0.0185. The third-order valence-electron chi connectivity index (χ3n) is 4.56. The van der Waals surface area contributed by atoms with Crippen LogP contribution in [0.15, 0.2) is 48.5 Å². The molecule has 1 aliphatic rings. The number of nitrogens with zero attached hydrogens (tertiary/aromatic N) is 1. The first-order valence-electron chi connectivity index (χ1n) is 8.52. The maximum absolute atomic E-state index is 12.5. The van der Waals surface area contributed by atoms with E-state index in [9.17, 15) is 4.79 Å². The summed E-state index contributed by atoms with van der Waals surface area (Å²) in [6.07, 6.45) is 2.21. The Morgan fingerprint density at radius 1 is 1.12 bits per heavy atom. The van der Waals surface area contributed by atoms with Crippen LogP contribution >= 0.6 is 0 Å². The van der Waals surface area contributed by atoms with E-state index in [1.54, 1.807) is 26.4 Å². The number of ether oxygens (including phenoxy) is 2. The molecule has 1 aliphatic heterocycles. The van der Waals surface area contributed by atoms with Gasteiger partial charge in [-0.2, -0.15) is 0 Å². The number of anilines is 1. The Morgan fingerprint density at radius 2 is 1.88 bits per heavy atom. The second-order valence-electron chi connectivity index (χ2n) is 6.16. The van der Waals surface area contributed by atoms with Gasteiger partial charge in [-0.15, -0.1) is 0 Å². The highest BCUT2D eigenvalue weighted by atomic mass is 16.5. The third kappa shape index (κ3) is 4.12. The van der Waals surface area contributed by atoms with Crippen molar-refractivity contribution in [3.63, 3.8) is 0 Å². The van der Waals surface area contributed by atoms with Crippen LogP contribution in [0, 0.1) is 0 Å². The highest BCUT2D eigenvalue weighted by Gasteiger charge is 2.27. The predicted molar refractivity (Wildman–Crippen MR) is 98.2 cm³/mol. The lowest BCUT2D eigenvalue weighted by Gasteiger charge is -2.24. The number of rotatable bonds is 6. The van der Waals surface area contributed by atoms with E-state index in [0.717, 1.165) is 19.4 Å². The average molecular weight is 340 g/mol. The van der Waals surface area contributed by atoms with Gasteiger partial charge in [0, 0.05) is 17.8 Å². The van der Waals surface area contributed by atoms with E-state index >= 15 is 0 Å². The number of hydrogen-bond acceptors (Lipinski definition) is 4. The zero-order chi connectivity index (χ0) is 17.6. The van der Waals surface area contributed by atoms with Crippen molar-refractivity contribution in [3.05, 3.63) is 54.1 Å². The second kappa shape index (κ2) is 8.03. The first kappa shape index (κ1) is 17.3. The van der Waals surface area contributed by atoms with Crippen LogP contribution in [0.4, 0.5) is 5.69 Å². The molecule has 1 atom stereocenters. The molecule has 1 amide bonds. The minimum absolute atomic E-state index is 0.0185. The Kier molecular flexibility index (Phi) is 5.56. The van der Waals surface area contributed by atoms with Gasteiger partial charge in [0.25, 0.3) is 0 Å². The first-order chi connectivity index (χ1) is 12.2. The fraction of sp³-hybridized carbons (Fsp3) is 0.350. The molecule has 1 heterocycles. The summed E-state index contributed by atoms with van der Waals surface area (Å²) in [6.45, 7) is 1.33. The molecule has 2 aromatic rings. The minimum Gasteiger partial charge on any atom is -0.493 e. The van der Waals surface area contributed by atoms with Crippen molar-refractivity contribution in [3.8, 4) is 11.5 Å². The van der Waals surface area contributed by atoms with Gasteiger partial charge >= 0.3 is 0 Å². The molecule has 2 aromatic carbocycles. The van der Waals surface area contributed by atoms with E-state index in [0.29, 0.717) is 29.8 Å². The topological polar surface area (TPSA) is 50.8 Å². The van der Waals surface area contributed by atoms with Gasteiger partial charge in [0.2, 0.25) is 5.91 Å². The molecule has 5 nitrogen and oxygen atoms in total. The monoisotopic (exact) mass is 340 g/mol. The molecule has 25 heavy (non-hydrogen) atoms. The molecule has 0 radical (unpaired) electrons. The van der Waals surface area contributed by atoms with Gasteiger partial charge in [0.05, 0.1) is 20.8 Å². The van der Waals surface area contributed by atoms with E-state index in [1.807, 2.05) is 12.1 Å². The molecule has 0 bridgehead atoms. The number of amides is 1. The van der Waals surface area contributed by atoms with Gasteiger partial charge in [-0.25, -0.2) is 0 Å². The number of benzene rings is 2. The third-order valence-corrected chi connectivity index (χ3v) is 4.56. The highest BCUT2D eigenvalue weighted by Crippen LogP contribution is 2.32. The van der Waals surface area contributed by atoms with Crippen molar-refractivity contribution in [2.24, 2.45) is 0 Å². The quantitative estimate of drug-likeness (QED) is 0.875. The Morgan fingerprint density at radius 3 is 2.60 bits per heavy atom. The van der Waals surface area contributed by atoms with Crippen molar-refractivity contribution in [2.75, 3.05) is 32.6 Å². The van der Waals surface area contributed by atoms with E-state index in [-0.39, 0.29) is 5.91 Å². The van der Waals surface area contributed by atoms with Crippen molar-refractivity contribution in [1.29, 1.82) is 0 Å². The van der Waals surface area contributed by atoms with Gasteiger partial charge in [-0.05, 0) is 37.1 Å². The van der Waals surface area contributed by atoms with Gasteiger partial charge in [-0.3, -0.25) is 9.69 Å². The maximum atomic E-state index is 12.5. The highest BCUT2D eigenvalue weighted by molar-refractivity contribution is 5.92. The summed E-state index contributed by atoms with van der Waals surface area (Å²) in [6, 6.07) is 16.1. The Hall–Kier alpha value is -2.53. The average Bonchev–Trinajstić information content (AvgIpc) is 3.10. The summed E-state index contributed by atoms with van der Waals surface area (Å²) < 4.78 is 10.5. The first-order valence-corrected chi connectivity index (χ1v) is 8.52. The summed E-state index contributed by atoms with van der Waals surface area (Å²) in [5.41, 5.74) is 1.98. The standard InChI is InChI=1S/C20H24N2O3/c1-24-18-11-10-16(13-19(18)25-2)21-20(23)14-22-12-6-9-17(22)15-7-4-3-5-8-15/h3-5,7-8,10-11,13,17H,6,9,12,14H2,1-2H3,(H,21,23). The number of nitrogens with one attached hydrogen (secondary N) is 1. The number of methoxy groups -OCH3 is 2. The Balaban J connectivity index is 1.64. The molecule has 1 unspecified atom stereocenters. The summed E-state index contributed by atoms with van der Waals surface area (Å²) >= 11 is 0. The molecule has 0 aliphatic carbocycles. The van der Waals surface area contributed by atoms with E-state index in [4.69, 9.17) is 9.47 Å². The van der Waals surface area contributed by atoms with Crippen LogP contribution in [0.25, 0.3) is 0 Å². The number of hydrogen-bond donors (Lipinski definition) is 1. The van der Waals surface area contributed by atoms with Gasteiger partial charge in [0.1, 0.15) is 0 Å². The smallest absolute Gasteiger partial charge is 0.238 e. The van der Waals surface area contributed by atoms with Crippen LogP contribution in [0.2, 0.25) is 0 Å². The summed E-state index contributed by atoms with van der Waals surface area (Å²) in [7, 11) is 3.17. The van der Waals surface area contributed by atoms with Crippen LogP contribution < -0.4 is 14.8 Å². The largest absolute Gasteiger partial charge is 0.493 e. The van der Waals surface area contributed by atoms with Crippen LogP contribution in [-0.4, -0.2) is 38.1 Å². The molecule has 1 saturated heterocycles.